The number of carbonyl (C=O) groups excluding carboxylic acids is 1. The zero-order chi connectivity index (χ0) is 19.1. The fourth-order valence-electron chi connectivity index (χ4n) is 3.10. The fraction of sp³-hybridized carbons (Fsp3) is 0.300. The smallest absolute Gasteiger partial charge is 0.267 e. The molecule has 3 N–H and O–H groups in total. The molecule has 1 saturated carbocycles. The van der Waals surface area contributed by atoms with E-state index >= 15 is 0 Å². The van der Waals surface area contributed by atoms with Gasteiger partial charge in [-0.25, -0.2) is 10.5 Å². The molecule has 1 heterocycles. The van der Waals surface area contributed by atoms with Gasteiger partial charge < -0.3 is 10.1 Å². The minimum Gasteiger partial charge on any atom is -0.371 e. The summed E-state index contributed by atoms with van der Waals surface area (Å²) in [6.07, 6.45) is 7.53. The number of ether oxygens (including phenoxy) is 1. The zero-order valence-corrected chi connectivity index (χ0v) is 16.7. The van der Waals surface area contributed by atoms with Crippen LogP contribution in [0.4, 0.5) is 5.82 Å². The molecular formula is C20H23Cl2N3O3. The molecule has 150 valence electrons. The van der Waals surface area contributed by atoms with Crippen LogP contribution in [0.3, 0.4) is 0 Å². The second-order valence-corrected chi connectivity index (χ2v) is 6.83. The first-order valence-electron chi connectivity index (χ1n) is 8.85. The van der Waals surface area contributed by atoms with E-state index in [9.17, 15) is 4.79 Å². The number of nitrogens with one attached hydrogen (secondary N) is 2. The predicted molar refractivity (Wildman–Crippen MR) is 112 cm³/mol. The lowest BCUT2D eigenvalue weighted by Crippen LogP contribution is -2.31. The van der Waals surface area contributed by atoms with E-state index in [1.54, 1.807) is 12.3 Å². The van der Waals surface area contributed by atoms with Crippen molar-refractivity contribution in [1.29, 1.82) is 0 Å². The van der Waals surface area contributed by atoms with Gasteiger partial charge in [0.15, 0.2) is 0 Å². The summed E-state index contributed by atoms with van der Waals surface area (Å²) in [6, 6.07) is 12.0. The molecule has 1 aliphatic rings. The average molecular weight is 424 g/mol. The van der Waals surface area contributed by atoms with E-state index in [4.69, 9.17) is 21.5 Å². The van der Waals surface area contributed by atoms with Gasteiger partial charge in [0.2, 0.25) is 0 Å². The van der Waals surface area contributed by atoms with Gasteiger partial charge in [-0.05, 0) is 42.5 Å². The van der Waals surface area contributed by atoms with Crippen molar-refractivity contribution < 1.29 is 14.7 Å². The fourth-order valence-corrected chi connectivity index (χ4v) is 3.33. The predicted octanol–water partition coefficient (Wildman–Crippen LogP) is 4.23. The van der Waals surface area contributed by atoms with Crippen molar-refractivity contribution in [2.24, 2.45) is 0 Å². The van der Waals surface area contributed by atoms with Gasteiger partial charge in [0.25, 0.3) is 5.91 Å². The summed E-state index contributed by atoms with van der Waals surface area (Å²) in [5.74, 6) is -0.0154. The summed E-state index contributed by atoms with van der Waals surface area (Å²) in [6.45, 7) is 0.585. The van der Waals surface area contributed by atoms with E-state index in [0.717, 1.165) is 24.8 Å². The second kappa shape index (κ2) is 11.0. The van der Waals surface area contributed by atoms with Gasteiger partial charge in [-0.3, -0.25) is 10.0 Å². The minimum atomic E-state index is -0.613. The molecule has 8 heteroatoms. The highest BCUT2D eigenvalue weighted by Gasteiger charge is 2.28. The summed E-state index contributed by atoms with van der Waals surface area (Å²) < 4.78 is 6.10. The summed E-state index contributed by atoms with van der Waals surface area (Å²) in [4.78, 5) is 15.4. The lowest BCUT2D eigenvalue weighted by molar-refractivity contribution is -0.124. The third-order valence-electron chi connectivity index (χ3n) is 4.48. The minimum absolute atomic E-state index is 0. The van der Waals surface area contributed by atoms with Crippen LogP contribution >= 0.6 is 24.0 Å². The maximum absolute atomic E-state index is 11.0. The molecule has 28 heavy (non-hydrogen) atoms. The Morgan fingerprint density at radius 2 is 2.11 bits per heavy atom. The van der Waals surface area contributed by atoms with E-state index < -0.39 is 5.91 Å². The van der Waals surface area contributed by atoms with E-state index in [0.29, 0.717) is 23.0 Å². The zero-order valence-electron chi connectivity index (χ0n) is 15.2. The Kier molecular flexibility index (Phi) is 8.73. The maximum Gasteiger partial charge on any atom is 0.267 e. The van der Waals surface area contributed by atoms with Crippen LogP contribution in [0.2, 0.25) is 5.02 Å². The Balaban J connectivity index is 0.00000280. The summed E-state index contributed by atoms with van der Waals surface area (Å²) in [5, 5.41) is 12.4. The quantitative estimate of drug-likeness (QED) is 0.352. The van der Waals surface area contributed by atoms with Gasteiger partial charge in [-0.15, -0.1) is 12.4 Å². The summed E-state index contributed by atoms with van der Waals surface area (Å²) in [7, 11) is 0. The molecule has 0 saturated heterocycles. The Hall–Kier alpha value is -2.12. The van der Waals surface area contributed by atoms with Crippen molar-refractivity contribution in [3.05, 3.63) is 64.8 Å². The molecule has 3 rings (SSSR count). The lowest BCUT2D eigenvalue weighted by Gasteiger charge is -2.22. The van der Waals surface area contributed by atoms with Crippen molar-refractivity contribution in [2.75, 3.05) is 5.32 Å². The third kappa shape index (κ3) is 6.21. The van der Waals surface area contributed by atoms with Crippen LogP contribution in [0.5, 0.6) is 0 Å². The number of aromatic nitrogens is 1. The van der Waals surface area contributed by atoms with Crippen LogP contribution in [0.15, 0.2) is 48.7 Å². The van der Waals surface area contributed by atoms with Crippen LogP contribution < -0.4 is 10.8 Å². The standard InChI is InChI=1S/C20H22ClN3O3.ClH/c21-16-11-15(9-10-19(25)24-26)12-22-20(16)23-17-7-4-8-18(17)27-13-14-5-2-1-3-6-14;/h1-3,5-6,9-12,17-18,26H,4,7-8,13H2,(H,22,23)(H,24,25);1H/t17-,18-;/m1./s1. The highest BCUT2D eigenvalue weighted by atomic mass is 35.5. The highest BCUT2D eigenvalue weighted by molar-refractivity contribution is 6.33. The molecule has 1 aromatic heterocycles. The molecule has 0 aliphatic heterocycles. The molecule has 1 aromatic carbocycles. The number of carbonyl (C=O) groups is 1. The number of benzene rings is 1. The van der Waals surface area contributed by atoms with Gasteiger partial charge in [0.1, 0.15) is 5.82 Å². The SMILES string of the molecule is Cl.O=C(C=Cc1cnc(N[C@@H]2CCC[C@H]2OCc2ccccc2)c(Cl)c1)NO. The number of pyridine rings is 1. The third-order valence-corrected chi connectivity index (χ3v) is 4.77. The number of hydrogen-bond donors (Lipinski definition) is 3. The van der Waals surface area contributed by atoms with Gasteiger partial charge >= 0.3 is 0 Å². The van der Waals surface area contributed by atoms with Gasteiger partial charge in [0, 0.05) is 12.3 Å². The molecule has 1 aliphatic carbocycles. The monoisotopic (exact) mass is 423 g/mol. The number of rotatable bonds is 7. The van der Waals surface area contributed by atoms with Crippen LogP contribution in [0.25, 0.3) is 6.08 Å². The number of anilines is 1. The number of amides is 1. The molecule has 1 fully saturated rings. The second-order valence-electron chi connectivity index (χ2n) is 6.43. The first-order valence-corrected chi connectivity index (χ1v) is 9.23. The van der Waals surface area contributed by atoms with Gasteiger partial charge in [-0.1, -0.05) is 41.9 Å². The normalized spacial score (nSPS) is 18.6. The molecule has 0 radical (unpaired) electrons. The highest BCUT2D eigenvalue weighted by Crippen LogP contribution is 2.29. The van der Waals surface area contributed by atoms with Crippen molar-refractivity contribution in [3.63, 3.8) is 0 Å². The molecule has 1 amide bonds. The van der Waals surface area contributed by atoms with Gasteiger partial charge in [-0.2, -0.15) is 0 Å². The van der Waals surface area contributed by atoms with Crippen LogP contribution in [-0.2, 0) is 16.1 Å². The van der Waals surface area contributed by atoms with Crippen molar-refractivity contribution in [3.8, 4) is 0 Å². The Bertz CT molecular complexity index is 803. The maximum atomic E-state index is 11.0. The molecule has 2 aromatic rings. The number of hydrogen-bond acceptors (Lipinski definition) is 5. The van der Waals surface area contributed by atoms with E-state index in [1.807, 2.05) is 18.2 Å². The summed E-state index contributed by atoms with van der Waals surface area (Å²) >= 11 is 6.33. The van der Waals surface area contributed by atoms with Crippen LogP contribution in [0.1, 0.15) is 30.4 Å². The van der Waals surface area contributed by atoms with Crippen molar-refractivity contribution in [1.82, 2.24) is 10.5 Å². The molecule has 6 nitrogen and oxygen atoms in total. The Morgan fingerprint density at radius 3 is 2.82 bits per heavy atom. The average Bonchev–Trinajstić information content (AvgIpc) is 3.14. The molecular weight excluding hydrogens is 401 g/mol. The number of halogens is 2. The van der Waals surface area contributed by atoms with E-state index in [1.165, 1.54) is 17.6 Å². The largest absolute Gasteiger partial charge is 0.371 e. The molecule has 2 atom stereocenters. The topological polar surface area (TPSA) is 83.5 Å². The number of nitrogens with zero attached hydrogens (tertiary/aromatic N) is 1. The van der Waals surface area contributed by atoms with Gasteiger partial charge in [0.05, 0.1) is 23.8 Å². The van der Waals surface area contributed by atoms with Crippen LogP contribution in [0, 0.1) is 0 Å². The Labute approximate surface area is 175 Å². The Morgan fingerprint density at radius 1 is 1.32 bits per heavy atom. The lowest BCUT2D eigenvalue weighted by atomic mass is 10.2. The first-order chi connectivity index (χ1) is 13.2. The van der Waals surface area contributed by atoms with Crippen molar-refractivity contribution in [2.45, 2.75) is 38.0 Å². The molecule has 0 unspecified atom stereocenters. The summed E-state index contributed by atoms with van der Waals surface area (Å²) in [5.41, 5.74) is 3.35. The number of hydroxylamine groups is 1. The van der Waals surface area contributed by atoms with Crippen molar-refractivity contribution >= 4 is 41.8 Å². The van der Waals surface area contributed by atoms with E-state index in [-0.39, 0.29) is 24.6 Å². The van der Waals surface area contributed by atoms with Crippen LogP contribution in [-0.4, -0.2) is 28.2 Å². The van der Waals surface area contributed by atoms with E-state index in [2.05, 4.69) is 22.4 Å². The first kappa shape index (κ1) is 22.2. The molecule has 0 spiro atoms. The molecule has 0 bridgehead atoms.